The Balaban J connectivity index is 1.76. The summed E-state index contributed by atoms with van der Waals surface area (Å²) in [6, 6.07) is 10.9. The average molecular weight is 406 g/mol. The van der Waals surface area contributed by atoms with Crippen molar-refractivity contribution < 1.29 is 44.2 Å². The van der Waals surface area contributed by atoms with E-state index in [4.69, 9.17) is 19.3 Å². The number of rotatable bonds is 5. The van der Waals surface area contributed by atoms with Crippen LogP contribution in [0.5, 0.6) is 5.75 Å². The summed E-state index contributed by atoms with van der Waals surface area (Å²) >= 11 is 0. The minimum absolute atomic E-state index is 0.633. The Bertz CT molecular complexity index is 912. The third-order valence-corrected chi connectivity index (χ3v) is 4.97. The van der Waals surface area contributed by atoms with Gasteiger partial charge in [0.1, 0.15) is 24.1 Å². The van der Waals surface area contributed by atoms with E-state index < -0.39 is 48.6 Å². The topological polar surface area (TPSA) is 143 Å². The number of aliphatic carboxylic acids is 1. The second kappa shape index (κ2) is 8.34. The number of methoxy groups -OCH3 is 1. The Morgan fingerprint density at radius 2 is 1.66 bits per heavy atom. The van der Waals surface area contributed by atoms with Gasteiger partial charge in [0.15, 0.2) is 6.10 Å². The van der Waals surface area contributed by atoms with Gasteiger partial charge in [-0.1, -0.05) is 24.3 Å². The zero-order valence-corrected chi connectivity index (χ0v) is 15.8. The molecule has 0 aliphatic carbocycles. The molecule has 0 aromatic heterocycles. The zero-order valence-electron chi connectivity index (χ0n) is 15.8. The van der Waals surface area contributed by atoms with Crippen molar-refractivity contribution in [3.8, 4) is 5.75 Å². The summed E-state index contributed by atoms with van der Waals surface area (Å²) in [4.78, 5) is 23.7. The number of carboxylic acid groups (broad SMARTS) is 1. The fourth-order valence-electron chi connectivity index (χ4n) is 3.14. The molecule has 1 aliphatic heterocycles. The number of aliphatic hydroxyl groups excluding tert-OH is 3. The minimum Gasteiger partial charge on any atom is -0.497 e. The van der Waals surface area contributed by atoms with Crippen LogP contribution in [0.3, 0.4) is 0 Å². The molecule has 1 fully saturated rings. The molecule has 6 atom stereocenters. The lowest BCUT2D eigenvalue weighted by Crippen LogP contribution is -2.60. The smallest absolute Gasteiger partial charge is 0.335 e. The van der Waals surface area contributed by atoms with Crippen LogP contribution in [0.4, 0.5) is 0 Å². The van der Waals surface area contributed by atoms with Gasteiger partial charge in [0.25, 0.3) is 0 Å². The SMILES string of the molecule is COc1ccc2cc(C(C)C(=O)O[C@@H]3O[C@H](C(=O)O)[C@@H](O)[C@H](O)[C@H]3O)ccc2c1. The fraction of sp³-hybridized carbons (Fsp3) is 0.400. The summed E-state index contributed by atoms with van der Waals surface area (Å²) in [6.07, 6.45) is -9.05. The summed E-state index contributed by atoms with van der Waals surface area (Å²) in [5, 5.41) is 40.3. The first-order chi connectivity index (χ1) is 13.7. The van der Waals surface area contributed by atoms with Crippen LogP contribution in [-0.2, 0) is 19.1 Å². The van der Waals surface area contributed by atoms with Gasteiger partial charge >= 0.3 is 11.9 Å². The number of fused-ring (bicyclic) bond motifs is 1. The highest BCUT2D eigenvalue weighted by atomic mass is 16.7. The number of hydrogen-bond donors (Lipinski definition) is 4. The summed E-state index contributed by atoms with van der Waals surface area (Å²) in [6.45, 7) is 1.59. The van der Waals surface area contributed by atoms with Gasteiger partial charge in [0.05, 0.1) is 13.0 Å². The molecule has 2 aromatic carbocycles. The van der Waals surface area contributed by atoms with Gasteiger partial charge in [-0.25, -0.2) is 4.79 Å². The molecule has 4 N–H and O–H groups in total. The van der Waals surface area contributed by atoms with Crippen LogP contribution in [0.25, 0.3) is 10.8 Å². The standard InChI is InChI=1S/C20H22O9/c1-9(10-3-4-12-8-13(27-2)6-5-11(12)7-10)19(26)29-20-16(23)14(21)15(22)17(28-20)18(24)25/h3-9,14-17,20-23H,1-2H3,(H,24,25)/t9?,14-,15-,16+,17-,20-/m0/s1. The monoisotopic (exact) mass is 406 g/mol. The maximum absolute atomic E-state index is 12.5. The number of hydrogen-bond acceptors (Lipinski definition) is 8. The molecule has 2 aromatic rings. The van der Waals surface area contributed by atoms with Crippen LogP contribution in [0.2, 0.25) is 0 Å². The second-order valence-corrected chi connectivity index (χ2v) is 6.87. The van der Waals surface area contributed by atoms with Crippen LogP contribution in [-0.4, -0.2) is 70.2 Å². The van der Waals surface area contributed by atoms with E-state index in [1.807, 2.05) is 18.2 Å². The quantitative estimate of drug-likeness (QED) is 0.518. The molecule has 156 valence electrons. The molecule has 1 saturated heterocycles. The highest BCUT2D eigenvalue weighted by Crippen LogP contribution is 2.28. The van der Waals surface area contributed by atoms with Gasteiger partial charge in [0, 0.05) is 0 Å². The molecule has 0 radical (unpaired) electrons. The molecule has 0 saturated carbocycles. The minimum atomic E-state index is -1.85. The molecule has 3 rings (SSSR count). The number of benzene rings is 2. The summed E-state index contributed by atoms with van der Waals surface area (Å²) in [7, 11) is 1.57. The Labute approximate surface area is 166 Å². The molecule has 0 spiro atoms. The van der Waals surface area contributed by atoms with Gasteiger partial charge in [-0.3, -0.25) is 4.79 Å². The highest BCUT2D eigenvalue weighted by molar-refractivity contribution is 5.86. The van der Waals surface area contributed by atoms with Crippen molar-refractivity contribution in [3.63, 3.8) is 0 Å². The fourth-order valence-corrected chi connectivity index (χ4v) is 3.14. The predicted octanol–water partition coefficient (Wildman–Crippen LogP) is 0.387. The van der Waals surface area contributed by atoms with Crippen LogP contribution in [0, 0.1) is 0 Å². The van der Waals surface area contributed by atoms with E-state index in [0.717, 1.165) is 10.8 Å². The van der Waals surface area contributed by atoms with Crippen molar-refractivity contribution in [1.29, 1.82) is 0 Å². The molecule has 1 aliphatic rings. The van der Waals surface area contributed by atoms with Crippen LogP contribution < -0.4 is 4.74 Å². The highest BCUT2D eigenvalue weighted by Gasteiger charge is 2.48. The van der Waals surface area contributed by atoms with Crippen molar-refractivity contribution >= 4 is 22.7 Å². The average Bonchev–Trinajstić information content (AvgIpc) is 2.72. The lowest BCUT2D eigenvalue weighted by molar-refractivity contribution is -0.286. The molecule has 0 bridgehead atoms. The molecule has 9 heteroatoms. The van der Waals surface area contributed by atoms with E-state index >= 15 is 0 Å². The largest absolute Gasteiger partial charge is 0.497 e. The van der Waals surface area contributed by atoms with Gasteiger partial charge in [-0.05, 0) is 35.4 Å². The van der Waals surface area contributed by atoms with Gasteiger partial charge in [0.2, 0.25) is 6.29 Å². The van der Waals surface area contributed by atoms with E-state index in [1.165, 1.54) is 0 Å². The Morgan fingerprint density at radius 1 is 1.00 bits per heavy atom. The number of carbonyl (C=O) groups excluding carboxylic acids is 1. The van der Waals surface area contributed by atoms with E-state index in [2.05, 4.69) is 0 Å². The predicted molar refractivity (Wildman–Crippen MR) is 99.3 cm³/mol. The van der Waals surface area contributed by atoms with E-state index in [9.17, 15) is 24.9 Å². The lowest BCUT2D eigenvalue weighted by Gasteiger charge is -2.38. The first-order valence-corrected chi connectivity index (χ1v) is 8.93. The van der Waals surface area contributed by atoms with E-state index in [1.54, 1.807) is 32.2 Å². The first-order valence-electron chi connectivity index (χ1n) is 8.93. The van der Waals surface area contributed by atoms with Gasteiger partial charge in [-0.2, -0.15) is 0 Å². The molecule has 29 heavy (non-hydrogen) atoms. The molecule has 1 unspecified atom stereocenters. The first kappa shape index (κ1) is 21.0. The van der Waals surface area contributed by atoms with Crippen molar-refractivity contribution in [2.24, 2.45) is 0 Å². The number of aliphatic hydroxyl groups is 3. The molecular formula is C20H22O9. The normalized spacial score (nSPS) is 28.0. The molecule has 0 amide bonds. The van der Waals surface area contributed by atoms with Crippen LogP contribution >= 0.6 is 0 Å². The van der Waals surface area contributed by atoms with Crippen LogP contribution in [0.15, 0.2) is 36.4 Å². The lowest BCUT2D eigenvalue weighted by atomic mass is 9.97. The summed E-state index contributed by atoms with van der Waals surface area (Å²) < 4.78 is 15.3. The van der Waals surface area contributed by atoms with Crippen LogP contribution in [0.1, 0.15) is 18.4 Å². The maximum atomic E-state index is 12.5. The van der Waals surface area contributed by atoms with Crippen molar-refractivity contribution in [2.45, 2.75) is 43.5 Å². The molecule has 1 heterocycles. The Kier molecular flexibility index (Phi) is 6.04. The Hall–Kier alpha value is -2.72. The maximum Gasteiger partial charge on any atom is 0.335 e. The molecule has 9 nitrogen and oxygen atoms in total. The summed E-state index contributed by atoms with van der Waals surface area (Å²) in [5.74, 6) is -2.39. The Morgan fingerprint density at radius 3 is 2.31 bits per heavy atom. The van der Waals surface area contributed by atoms with Crippen molar-refractivity contribution in [3.05, 3.63) is 42.0 Å². The van der Waals surface area contributed by atoms with Gasteiger partial charge in [-0.15, -0.1) is 0 Å². The van der Waals surface area contributed by atoms with Crippen molar-refractivity contribution in [2.75, 3.05) is 7.11 Å². The van der Waals surface area contributed by atoms with E-state index in [-0.39, 0.29) is 0 Å². The summed E-state index contributed by atoms with van der Waals surface area (Å²) in [5.41, 5.74) is 0.633. The third kappa shape index (κ3) is 4.18. The zero-order chi connectivity index (χ0) is 21.3. The number of carboxylic acids is 1. The van der Waals surface area contributed by atoms with Crippen molar-refractivity contribution in [1.82, 2.24) is 0 Å². The second-order valence-electron chi connectivity index (χ2n) is 6.87. The van der Waals surface area contributed by atoms with E-state index in [0.29, 0.717) is 11.3 Å². The third-order valence-electron chi connectivity index (χ3n) is 4.97. The number of ether oxygens (including phenoxy) is 3. The number of carbonyl (C=O) groups is 2. The molecular weight excluding hydrogens is 384 g/mol. The van der Waals surface area contributed by atoms with Gasteiger partial charge < -0.3 is 34.6 Å². The number of esters is 1.